The first kappa shape index (κ1) is 18.6. The Balaban J connectivity index is 1.98. The van der Waals surface area contributed by atoms with E-state index in [1.807, 2.05) is 54.8 Å². The third-order valence-electron chi connectivity index (χ3n) is 4.57. The predicted molar refractivity (Wildman–Crippen MR) is 100 cm³/mol. The maximum Gasteiger partial charge on any atom is 0.430 e. The maximum atomic E-state index is 13.1. The SMILES string of the molecule is Cc1nc2c(n1Cc1ccc(Cl)cc1)C(=O)[NH+](CCN(C)C)C(=O)N2C. The molecule has 1 unspecified atom stereocenters. The van der Waals surface area contributed by atoms with Crippen molar-refractivity contribution in [1.82, 2.24) is 14.5 Å². The topological polar surface area (TPSA) is 62.9 Å². The second-order valence-corrected chi connectivity index (χ2v) is 7.21. The van der Waals surface area contributed by atoms with E-state index >= 15 is 0 Å². The lowest BCUT2D eigenvalue weighted by Crippen LogP contribution is -3.20. The number of likely N-dealkylation sites (N-methyl/N-ethyl adjacent to an activating group) is 1. The summed E-state index contributed by atoms with van der Waals surface area (Å²) in [7, 11) is 5.51. The van der Waals surface area contributed by atoms with Crippen LogP contribution in [-0.4, -0.2) is 60.6 Å². The first-order valence-electron chi connectivity index (χ1n) is 8.44. The van der Waals surface area contributed by atoms with Crippen molar-refractivity contribution in [3.05, 3.63) is 46.4 Å². The number of aromatic nitrogens is 2. The molecule has 2 heterocycles. The zero-order valence-corrected chi connectivity index (χ0v) is 16.2. The molecule has 0 spiro atoms. The minimum atomic E-state index is -0.263. The summed E-state index contributed by atoms with van der Waals surface area (Å²) in [6.07, 6.45) is 0. The van der Waals surface area contributed by atoms with Crippen molar-refractivity contribution in [3.8, 4) is 0 Å². The summed E-state index contributed by atoms with van der Waals surface area (Å²) in [5.41, 5.74) is 1.49. The van der Waals surface area contributed by atoms with E-state index in [1.54, 1.807) is 7.05 Å². The fourth-order valence-corrected chi connectivity index (χ4v) is 3.19. The Bertz CT molecular complexity index is 844. The van der Waals surface area contributed by atoms with E-state index < -0.39 is 0 Å². The molecular formula is C18H23ClN5O2+. The first-order valence-corrected chi connectivity index (χ1v) is 8.82. The summed E-state index contributed by atoms with van der Waals surface area (Å²) in [5.74, 6) is 0.909. The largest absolute Gasteiger partial charge is 0.430 e. The lowest BCUT2D eigenvalue weighted by molar-refractivity contribution is -0.723. The van der Waals surface area contributed by atoms with Crippen LogP contribution in [0.25, 0.3) is 0 Å². The Morgan fingerprint density at radius 2 is 1.85 bits per heavy atom. The number of urea groups is 1. The van der Waals surface area contributed by atoms with Gasteiger partial charge in [-0.2, -0.15) is 4.90 Å². The average molecular weight is 377 g/mol. The van der Waals surface area contributed by atoms with Crippen LogP contribution in [0.2, 0.25) is 5.02 Å². The Morgan fingerprint density at radius 1 is 1.19 bits per heavy atom. The van der Waals surface area contributed by atoms with Crippen LogP contribution in [0.3, 0.4) is 0 Å². The highest BCUT2D eigenvalue weighted by molar-refractivity contribution is 6.30. The van der Waals surface area contributed by atoms with Crippen LogP contribution in [0.4, 0.5) is 10.6 Å². The quantitative estimate of drug-likeness (QED) is 0.847. The molecule has 3 amide bonds. The summed E-state index contributed by atoms with van der Waals surface area (Å²) in [4.78, 5) is 33.9. The number of nitrogens with one attached hydrogen (secondary N) is 1. The van der Waals surface area contributed by atoms with E-state index in [2.05, 4.69) is 4.98 Å². The fraction of sp³-hybridized carbons (Fsp3) is 0.389. The zero-order chi connectivity index (χ0) is 19.0. The van der Waals surface area contributed by atoms with E-state index in [9.17, 15) is 9.59 Å². The molecule has 0 saturated heterocycles. The summed E-state index contributed by atoms with van der Waals surface area (Å²) in [6.45, 7) is 3.40. The first-order chi connectivity index (χ1) is 12.3. The molecule has 138 valence electrons. The molecule has 1 N–H and O–H groups in total. The van der Waals surface area contributed by atoms with Gasteiger partial charge in [-0.25, -0.2) is 19.5 Å². The van der Waals surface area contributed by atoms with Gasteiger partial charge in [-0.1, -0.05) is 23.7 Å². The van der Waals surface area contributed by atoms with E-state index in [0.29, 0.717) is 46.9 Å². The highest BCUT2D eigenvalue weighted by Gasteiger charge is 2.44. The number of carbonyl (C=O) groups excluding carboxylic acids is 2. The molecule has 0 aliphatic carbocycles. The van der Waals surface area contributed by atoms with Crippen molar-refractivity contribution in [2.75, 3.05) is 39.1 Å². The van der Waals surface area contributed by atoms with Crippen molar-refractivity contribution >= 4 is 29.4 Å². The van der Waals surface area contributed by atoms with Gasteiger partial charge in [-0.15, -0.1) is 0 Å². The lowest BCUT2D eigenvalue weighted by Gasteiger charge is -2.26. The number of aryl methyl sites for hydroxylation is 1. The number of imide groups is 1. The molecule has 1 aliphatic rings. The van der Waals surface area contributed by atoms with Crippen LogP contribution >= 0.6 is 11.6 Å². The Morgan fingerprint density at radius 3 is 2.46 bits per heavy atom. The van der Waals surface area contributed by atoms with Crippen LogP contribution < -0.4 is 9.80 Å². The van der Waals surface area contributed by atoms with Crippen molar-refractivity contribution in [2.24, 2.45) is 0 Å². The molecule has 1 atom stereocenters. The minimum absolute atomic E-state index is 0.223. The van der Waals surface area contributed by atoms with Crippen molar-refractivity contribution in [1.29, 1.82) is 0 Å². The molecule has 26 heavy (non-hydrogen) atoms. The summed E-state index contributed by atoms with van der Waals surface area (Å²) in [6, 6.07) is 7.23. The number of fused-ring (bicyclic) bond motifs is 1. The van der Waals surface area contributed by atoms with Gasteiger partial charge in [0.2, 0.25) is 0 Å². The fourth-order valence-electron chi connectivity index (χ4n) is 3.07. The van der Waals surface area contributed by atoms with Crippen LogP contribution in [0.5, 0.6) is 0 Å². The van der Waals surface area contributed by atoms with Gasteiger partial charge in [-0.3, -0.25) is 0 Å². The zero-order valence-electron chi connectivity index (χ0n) is 15.4. The third kappa shape index (κ3) is 3.38. The maximum absolute atomic E-state index is 13.1. The van der Waals surface area contributed by atoms with Crippen molar-refractivity contribution < 1.29 is 14.5 Å². The molecule has 3 rings (SSSR count). The molecule has 1 aromatic heterocycles. The van der Waals surface area contributed by atoms with Gasteiger partial charge in [0.25, 0.3) is 0 Å². The van der Waals surface area contributed by atoms with Crippen LogP contribution in [0.15, 0.2) is 24.3 Å². The van der Waals surface area contributed by atoms with Gasteiger partial charge < -0.3 is 9.47 Å². The number of quaternary nitrogens is 1. The summed E-state index contributed by atoms with van der Waals surface area (Å²) >= 11 is 5.95. The highest BCUT2D eigenvalue weighted by atomic mass is 35.5. The van der Waals surface area contributed by atoms with Gasteiger partial charge in [0.1, 0.15) is 12.4 Å². The van der Waals surface area contributed by atoms with Gasteiger partial charge >= 0.3 is 11.9 Å². The molecule has 0 radical (unpaired) electrons. The van der Waals surface area contributed by atoms with E-state index in [1.165, 1.54) is 4.90 Å². The summed E-state index contributed by atoms with van der Waals surface area (Å²) < 4.78 is 1.87. The smallest absolute Gasteiger partial charge is 0.314 e. The predicted octanol–water partition coefficient (Wildman–Crippen LogP) is 1.05. The molecule has 2 aromatic rings. The monoisotopic (exact) mass is 376 g/mol. The molecule has 0 bridgehead atoms. The van der Waals surface area contributed by atoms with Gasteiger partial charge in [0, 0.05) is 25.2 Å². The van der Waals surface area contributed by atoms with Gasteiger partial charge in [-0.05, 0) is 38.7 Å². The lowest BCUT2D eigenvalue weighted by atomic mass is 10.2. The number of imidazole rings is 1. The minimum Gasteiger partial charge on any atom is -0.314 e. The second-order valence-electron chi connectivity index (χ2n) is 6.77. The number of hydrogen-bond acceptors (Lipinski definition) is 4. The molecular weight excluding hydrogens is 354 g/mol. The van der Waals surface area contributed by atoms with Gasteiger partial charge in [0.05, 0.1) is 0 Å². The molecule has 1 aliphatic heterocycles. The average Bonchev–Trinajstić information content (AvgIpc) is 2.91. The number of rotatable bonds is 5. The van der Waals surface area contributed by atoms with Crippen LogP contribution in [-0.2, 0) is 6.54 Å². The van der Waals surface area contributed by atoms with Gasteiger partial charge in [0.15, 0.2) is 11.5 Å². The number of halogens is 1. The number of amides is 3. The highest BCUT2D eigenvalue weighted by Crippen LogP contribution is 2.23. The number of carbonyl (C=O) groups is 2. The van der Waals surface area contributed by atoms with Crippen molar-refractivity contribution in [2.45, 2.75) is 13.5 Å². The van der Waals surface area contributed by atoms with Crippen LogP contribution in [0.1, 0.15) is 21.9 Å². The molecule has 0 fully saturated rings. The molecule has 8 heteroatoms. The number of benzene rings is 1. The molecule has 0 saturated carbocycles. The molecule has 1 aromatic carbocycles. The Hall–Kier alpha value is -2.22. The number of anilines is 1. The Labute approximate surface area is 157 Å². The number of nitrogens with zero attached hydrogens (tertiary/aromatic N) is 4. The van der Waals surface area contributed by atoms with Crippen molar-refractivity contribution in [3.63, 3.8) is 0 Å². The van der Waals surface area contributed by atoms with E-state index in [0.717, 1.165) is 5.56 Å². The second kappa shape index (κ2) is 7.19. The third-order valence-corrected chi connectivity index (χ3v) is 4.82. The van der Waals surface area contributed by atoms with Crippen LogP contribution in [0, 0.1) is 6.92 Å². The standard InChI is InChI=1S/C18H22ClN5O2/c1-12-20-16-15(24(12)11-13-5-7-14(19)8-6-13)17(25)23(10-9-21(2)3)18(26)22(16)4/h5-8H,9-11H2,1-4H3/p+1. The van der Waals surface area contributed by atoms with E-state index in [-0.39, 0.29) is 11.9 Å². The normalized spacial score (nSPS) is 17.2. The summed E-state index contributed by atoms with van der Waals surface area (Å²) in [5, 5.41) is 0.666. The van der Waals surface area contributed by atoms with E-state index in [4.69, 9.17) is 11.6 Å². The Kier molecular flexibility index (Phi) is 5.13. The number of hydrogen-bond donors (Lipinski definition) is 1. The molecule has 7 nitrogen and oxygen atoms in total.